The second-order valence-corrected chi connectivity index (χ2v) is 6.79. The first-order valence-electron chi connectivity index (χ1n) is 7.83. The van der Waals surface area contributed by atoms with Gasteiger partial charge in [-0.25, -0.2) is 0 Å². The third-order valence-electron chi connectivity index (χ3n) is 4.01. The number of carbonyl (C=O) groups is 1. The van der Waals surface area contributed by atoms with Gasteiger partial charge in [0, 0.05) is 25.3 Å². The lowest BCUT2D eigenvalue weighted by Crippen LogP contribution is -2.48. The van der Waals surface area contributed by atoms with E-state index in [9.17, 15) is 4.79 Å². The molecule has 0 aliphatic carbocycles. The summed E-state index contributed by atoms with van der Waals surface area (Å²) in [5.74, 6) is -0.107. The molecule has 122 valence electrons. The molecule has 0 spiro atoms. The van der Waals surface area contributed by atoms with Crippen molar-refractivity contribution >= 4 is 11.6 Å². The normalized spacial score (nSPS) is 17.2. The Morgan fingerprint density at radius 3 is 2.59 bits per heavy atom. The van der Waals surface area contributed by atoms with Crippen LogP contribution in [0.2, 0.25) is 0 Å². The molecule has 0 radical (unpaired) electrons. The number of morpholine rings is 1. The average molecular weight is 305 g/mol. The first-order chi connectivity index (χ1) is 10.4. The molecule has 0 saturated carbocycles. The number of anilines is 1. The fourth-order valence-corrected chi connectivity index (χ4v) is 2.46. The van der Waals surface area contributed by atoms with E-state index in [1.54, 1.807) is 0 Å². The summed E-state index contributed by atoms with van der Waals surface area (Å²) in [6.45, 7) is 9.66. The summed E-state index contributed by atoms with van der Waals surface area (Å²) < 4.78 is 5.40. The van der Waals surface area contributed by atoms with Crippen molar-refractivity contribution in [2.75, 3.05) is 31.2 Å². The van der Waals surface area contributed by atoms with E-state index in [0.717, 1.165) is 37.6 Å². The van der Waals surface area contributed by atoms with Crippen LogP contribution in [-0.4, -0.2) is 38.3 Å². The quantitative estimate of drug-likeness (QED) is 0.885. The number of carbonyl (C=O) groups excluding carboxylic acids is 1. The molecule has 1 heterocycles. The van der Waals surface area contributed by atoms with E-state index in [0.29, 0.717) is 6.54 Å². The van der Waals surface area contributed by atoms with Gasteiger partial charge in [0.25, 0.3) is 0 Å². The van der Waals surface area contributed by atoms with E-state index in [4.69, 9.17) is 10.5 Å². The van der Waals surface area contributed by atoms with Crippen LogP contribution in [0.15, 0.2) is 24.3 Å². The van der Waals surface area contributed by atoms with Gasteiger partial charge in [0.1, 0.15) is 0 Å². The van der Waals surface area contributed by atoms with Crippen LogP contribution >= 0.6 is 0 Å². The Morgan fingerprint density at radius 2 is 1.95 bits per heavy atom. The van der Waals surface area contributed by atoms with Gasteiger partial charge in [-0.1, -0.05) is 39.0 Å². The van der Waals surface area contributed by atoms with Crippen molar-refractivity contribution in [1.82, 2.24) is 5.32 Å². The van der Waals surface area contributed by atoms with Gasteiger partial charge in [0.05, 0.1) is 19.3 Å². The second kappa shape index (κ2) is 7.11. The number of hydrogen-bond donors (Lipinski definition) is 2. The molecule has 0 aromatic heterocycles. The SMILES string of the molecule is CC(C)(C)[C@H](N)C(=O)NCc1ccccc1N1CCOCC1. The highest BCUT2D eigenvalue weighted by molar-refractivity contribution is 5.82. The van der Waals surface area contributed by atoms with Crippen molar-refractivity contribution in [3.05, 3.63) is 29.8 Å². The van der Waals surface area contributed by atoms with Crippen LogP contribution in [0.25, 0.3) is 0 Å². The van der Waals surface area contributed by atoms with Crippen LogP contribution in [0.3, 0.4) is 0 Å². The maximum atomic E-state index is 12.2. The van der Waals surface area contributed by atoms with Crippen molar-refractivity contribution < 1.29 is 9.53 Å². The topological polar surface area (TPSA) is 67.6 Å². The maximum Gasteiger partial charge on any atom is 0.237 e. The van der Waals surface area contributed by atoms with E-state index in [-0.39, 0.29) is 11.3 Å². The smallest absolute Gasteiger partial charge is 0.237 e. The summed E-state index contributed by atoms with van der Waals surface area (Å²) in [6.07, 6.45) is 0. The zero-order valence-corrected chi connectivity index (χ0v) is 13.8. The second-order valence-electron chi connectivity index (χ2n) is 6.79. The molecule has 0 unspecified atom stereocenters. The summed E-state index contributed by atoms with van der Waals surface area (Å²) in [5.41, 5.74) is 8.03. The highest BCUT2D eigenvalue weighted by Gasteiger charge is 2.27. The number of para-hydroxylation sites is 1. The molecule has 5 heteroatoms. The summed E-state index contributed by atoms with van der Waals surface area (Å²) in [7, 11) is 0. The van der Waals surface area contributed by atoms with Gasteiger partial charge >= 0.3 is 0 Å². The molecule has 1 aliphatic rings. The molecular weight excluding hydrogens is 278 g/mol. The minimum atomic E-state index is -0.511. The zero-order chi connectivity index (χ0) is 16.2. The predicted octanol–water partition coefficient (Wildman–Crippen LogP) is 1.51. The van der Waals surface area contributed by atoms with Crippen molar-refractivity contribution in [3.63, 3.8) is 0 Å². The molecule has 1 atom stereocenters. The molecule has 1 aliphatic heterocycles. The molecule has 1 amide bonds. The molecule has 3 N–H and O–H groups in total. The van der Waals surface area contributed by atoms with Crippen molar-refractivity contribution in [1.29, 1.82) is 0 Å². The molecule has 1 saturated heterocycles. The van der Waals surface area contributed by atoms with Gasteiger partial charge in [-0.2, -0.15) is 0 Å². The van der Waals surface area contributed by atoms with Crippen molar-refractivity contribution in [2.24, 2.45) is 11.1 Å². The van der Waals surface area contributed by atoms with E-state index in [2.05, 4.69) is 16.3 Å². The Balaban J connectivity index is 2.02. The van der Waals surface area contributed by atoms with Gasteiger partial charge < -0.3 is 20.7 Å². The third-order valence-corrected chi connectivity index (χ3v) is 4.01. The van der Waals surface area contributed by atoms with Gasteiger partial charge in [-0.3, -0.25) is 4.79 Å². The summed E-state index contributed by atoms with van der Waals surface area (Å²) in [4.78, 5) is 14.5. The minimum Gasteiger partial charge on any atom is -0.378 e. The van der Waals surface area contributed by atoms with Crippen LogP contribution in [0.5, 0.6) is 0 Å². The number of rotatable bonds is 4. The number of ether oxygens (including phenoxy) is 1. The van der Waals surface area contributed by atoms with Crippen LogP contribution in [0.1, 0.15) is 26.3 Å². The number of nitrogens with one attached hydrogen (secondary N) is 1. The Kier molecular flexibility index (Phi) is 5.42. The number of amides is 1. The predicted molar refractivity (Wildman–Crippen MR) is 88.8 cm³/mol. The molecule has 22 heavy (non-hydrogen) atoms. The lowest BCUT2D eigenvalue weighted by atomic mass is 9.87. The third kappa shape index (κ3) is 4.21. The lowest BCUT2D eigenvalue weighted by Gasteiger charge is -2.31. The summed E-state index contributed by atoms with van der Waals surface area (Å²) in [5, 5.41) is 2.96. The molecule has 2 rings (SSSR count). The molecular formula is C17H27N3O2. The van der Waals surface area contributed by atoms with E-state index < -0.39 is 6.04 Å². The number of benzene rings is 1. The van der Waals surface area contributed by atoms with Crippen LogP contribution in [0, 0.1) is 5.41 Å². The molecule has 1 fully saturated rings. The fraction of sp³-hybridized carbons (Fsp3) is 0.588. The Bertz CT molecular complexity index is 505. The monoisotopic (exact) mass is 305 g/mol. The van der Waals surface area contributed by atoms with Crippen LogP contribution < -0.4 is 16.0 Å². The van der Waals surface area contributed by atoms with E-state index in [1.165, 1.54) is 0 Å². The highest BCUT2D eigenvalue weighted by atomic mass is 16.5. The largest absolute Gasteiger partial charge is 0.378 e. The van der Waals surface area contributed by atoms with Crippen LogP contribution in [-0.2, 0) is 16.1 Å². The van der Waals surface area contributed by atoms with Crippen LogP contribution in [0.4, 0.5) is 5.69 Å². The molecule has 1 aromatic carbocycles. The average Bonchev–Trinajstić information content (AvgIpc) is 2.52. The minimum absolute atomic E-state index is 0.107. The summed E-state index contributed by atoms with van der Waals surface area (Å²) >= 11 is 0. The highest BCUT2D eigenvalue weighted by Crippen LogP contribution is 2.22. The molecule has 1 aromatic rings. The van der Waals surface area contributed by atoms with E-state index in [1.807, 2.05) is 39.0 Å². The number of nitrogens with two attached hydrogens (primary N) is 1. The zero-order valence-electron chi connectivity index (χ0n) is 13.8. The van der Waals surface area contributed by atoms with Gasteiger partial charge in [-0.05, 0) is 17.0 Å². The maximum absolute atomic E-state index is 12.2. The fourth-order valence-electron chi connectivity index (χ4n) is 2.46. The van der Waals surface area contributed by atoms with Gasteiger partial charge in [-0.15, -0.1) is 0 Å². The Labute approximate surface area is 132 Å². The Hall–Kier alpha value is -1.59. The lowest BCUT2D eigenvalue weighted by molar-refractivity contribution is -0.124. The number of hydrogen-bond acceptors (Lipinski definition) is 4. The van der Waals surface area contributed by atoms with Crippen molar-refractivity contribution in [3.8, 4) is 0 Å². The molecule has 5 nitrogen and oxygen atoms in total. The van der Waals surface area contributed by atoms with E-state index >= 15 is 0 Å². The number of nitrogens with zero attached hydrogens (tertiary/aromatic N) is 1. The Morgan fingerprint density at radius 1 is 1.32 bits per heavy atom. The van der Waals surface area contributed by atoms with Gasteiger partial charge in [0.15, 0.2) is 0 Å². The summed E-state index contributed by atoms with van der Waals surface area (Å²) in [6, 6.07) is 7.65. The van der Waals surface area contributed by atoms with Gasteiger partial charge in [0.2, 0.25) is 5.91 Å². The molecule has 0 bridgehead atoms. The van der Waals surface area contributed by atoms with Crippen molar-refractivity contribution in [2.45, 2.75) is 33.4 Å². The first-order valence-corrected chi connectivity index (χ1v) is 7.83. The standard InChI is InChI=1S/C17H27N3O2/c1-17(2,3)15(18)16(21)19-12-13-6-4-5-7-14(13)20-8-10-22-11-9-20/h4-7,15H,8-12,18H2,1-3H3,(H,19,21)/t15-/m1/s1. The first kappa shape index (κ1) is 16.8.